The molecule has 3 heterocycles. The quantitative estimate of drug-likeness (QED) is 0.902. The van der Waals surface area contributed by atoms with E-state index in [-0.39, 0.29) is 5.91 Å². The number of rotatable bonds is 3. The van der Waals surface area contributed by atoms with E-state index in [4.69, 9.17) is 0 Å². The first-order chi connectivity index (χ1) is 10.1. The summed E-state index contributed by atoms with van der Waals surface area (Å²) in [5, 5.41) is 14.1. The van der Waals surface area contributed by atoms with Gasteiger partial charge in [-0.15, -0.1) is 0 Å². The summed E-state index contributed by atoms with van der Waals surface area (Å²) >= 11 is 0. The molecule has 3 rings (SSSR count). The van der Waals surface area contributed by atoms with Crippen molar-refractivity contribution in [3.63, 3.8) is 0 Å². The highest BCUT2D eigenvalue weighted by Gasteiger charge is 2.26. The van der Waals surface area contributed by atoms with Crippen LogP contribution in [-0.4, -0.2) is 44.3 Å². The zero-order valence-electron chi connectivity index (χ0n) is 12.5. The molecule has 6 heteroatoms. The van der Waals surface area contributed by atoms with Crippen molar-refractivity contribution in [2.24, 2.45) is 0 Å². The summed E-state index contributed by atoms with van der Waals surface area (Å²) in [6.45, 7) is 5.53. The van der Waals surface area contributed by atoms with Gasteiger partial charge in [-0.05, 0) is 32.8 Å². The van der Waals surface area contributed by atoms with E-state index >= 15 is 0 Å². The smallest absolute Gasteiger partial charge is 0.227 e. The number of aromatic nitrogens is 4. The van der Waals surface area contributed by atoms with Crippen LogP contribution in [0.5, 0.6) is 0 Å². The Hall–Kier alpha value is -2.11. The Morgan fingerprint density at radius 1 is 1.43 bits per heavy atom. The van der Waals surface area contributed by atoms with Crippen LogP contribution in [-0.2, 0) is 11.2 Å². The van der Waals surface area contributed by atoms with E-state index in [1.807, 2.05) is 24.8 Å². The van der Waals surface area contributed by atoms with Crippen molar-refractivity contribution in [2.75, 3.05) is 13.1 Å². The third kappa shape index (κ3) is 2.84. The van der Waals surface area contributed by atoms with Crippen LogP contribution in [0.3, 0.4) is 0 Å². The summed E-state index contributed by atoms with van der Waals surface area (Å²) in [4.78, 5) is 14.5. The minimum atomic E-state index is 0.187. The Kier molecular flexibility index (Phi) is 3.77. The van der Waals surface area contributed by atoms with E-state index in [0.717, 1.165) is 48.6 Å². The van der Waals surface area contributed by atoms with Gasteiger partial charge in [0.25, 0.3) is 0 Å². The monoisotopic (exact) mass is 287 g/mol. The summed E-state index contributed by atoms with van der Waals surface area (Å²) in [5.41, 5.74) is 4.07. The number of aryl methyl sites for hydroxylation is 2. The molecule has 1 atom stereocenters. The van der Waals surface area contributed by atoms with Crippen molar-refractivity contribution in [3.8, 4) is 0 Å². The first kappa shape index (κ1) is 13.9. The van der Waals surface area contributed by atoms with Gasteiger partial charge in [-0.1, -0.05) is 0 Å². The summed E-state index contributed by atoms with van der Waals surface area (Å²) in [6, 6.07) is 2.00. The molecule has 0 aliphatic carbocycles. The molecule has 21 heavy (non-hydrogen) atoms. The third-order valence-electron chi connectivity index (χ3n) is 4.34. The van der Waals surface area contributed by atoms with Crippen LogP contribution in [0.1, 0.15) is 41.4 Å². The molecule has 0 saturated carbocycles. The Bertz CT molecular complexity index is 597. The minimum Gasteiger partial charge on any atom is -0.342 e. The van der Waals surface area contributed by atoms with Gasteiger partial charge in [0.2, 0.25) is 5.91 Å². The highest BCUT2D eigenvalue weighted by molar-refractivity contribution is 5.79. The number of aromatic amines is 2. The lowest BCUT2D eigenvalue weighted by atomic mass is 9.94. The average molecular weight is 287 g/mol. The molecule has 2 aromatic rings. The predicted molar refractivity (Wildman–Crippen MR) is 78.9 cm³/mol. The zero-order valence-corrected chi connectivity index (χ0v) is 12.5. The Morgan fingerprint density at radius 3 is 2.95 bits per heavy atom. The van der Waals surface area contributed by atoms with Crippen molar-refractivity contribution in [2.45, 2.75) is 39.0 Å². The lowest BCUT2D eigenvalue weighted by molar-refractivity contribution is -0.131. The van der Waals surface area contributed by atoms with Crippen molar-refractivity contribution in [1.82, 2.24) is 25.3 Å². The molecule has 1 amide bonds. The highest BCUT2D eigenvalue weighted by Crippen LogP contribution is 2.25. The maximum Gasteiger partial charge on any atom is 0.227 e. The summed E-state index contributed by atoms with van der Waals surface area (Å²) in [6.07, 6.45) is 4.35. The predicted octanol–water partition coefficient (Wildman–Crippen LogP) is 1.70. The molecule has 1 saturated heterocycles. The van der Waals surface area contributed by atoms with E-state index in [2.05, 4.69) is 20.4 Å². The van der Waals surface area contributed by atoms with Crippen molar-refractivity contribution < 1.29 is 4.79 Å². The van der Waals surface area contributed by atoms with Crippen LogP contribution >= 0.6 is 0 Å². The number of amides is 1. The second kappa shape index (κ2) is 5.71. The van der Waals surface area contributed by atoms with Crippen LogP contribution in [0.4, 0.5) is 0 Å². The fourth-order valence-corrected chi connectivity index (χ4v) is 3.05. The lowest BCUT2D eigenvalue weighted by Gasteiger charge is -2.32. The average Bonchev–Trinajstić information content (AvgIpc) is 3.13. The molecule has 0 radical (unpaired) electrons. The molecule has 0 bridgehead atoms. The molecule has 0 spiro atoms. The first-order valence-electron chi connectivity index (χ1n) is 7.42. The number of piperidine rings is 1. The first-order valence-corrected chi connectivity index (χ1v) is 7.42. The van der Waals surface area contributed by atoms with Gasteiger partial charge in [-0.25, -0.2) is 0 Å². The second-order valence-corrected chi connectivity index (χ2v) is 5.78. The van der Waals surface area contributed by atoms with Gasteiger partial charge in [0.05, 0.1) is 12.1 Å². The SMILES string of the molecule is Cc1n[nH]c(C)c1CC(=O)N1CCC[C@H](c2ccn[nH]2)C1. The summed E-state index contributed by atoms with van der Waals surface area (Å²) < 4.78 is 0. The van der Waals surface area contributed by atoms with Gasteiger partial charge in [0.1, 0.15) is 0 Å². The van der Waals surface area contributed by atoms with Crippen molar-refractivity contribution in [3.05, 3.63) is 34.9 Å². The van der Waals surface area contributed by atoms with Gasteiger partial charge in [-0.2, -0.15) is 10.2 Å². The van der Waals surface area contributed by atoms with E-state index in [1.165, 1.54) is 0 Å². The largest absolute Gasteiger partial charge is 0.342 e. The topological polar surface area (TPSA) is 77.7 Å². The van der Waals surface area contributed by atoms with E-state index in [1.54, 1.807) is 6.20 Å². The summed E-state index contributed by atoms with van der Waals surface area (Å²) in [7, 11) is 0. The Morgan fingerprint density at radius 2 is 2.29 bits per heavy atom. The molecular formula is C15H21N5O. The standard InChI is InChI=1S/C15H21N5O/c1-10-13(11(2)18-17-10)8-15(21)20-7-3-4-12(9-20)14-5-6-16-19-14/h5-6,12H,3-4,7-9H2,1-2H3,(H,16,19)(H,17,18)/t12-/m0/s1. The molecule has 2 aromatic heterocycles. The minimum absolute atomic E-state index is 0.187. The Balaban J connectivity index is 1.67. The van der Waals surface area contributed by atoms with E-state index < -0.39 is 0 Å². The maximum absolute atomic E-state index is 12.5. The number of hydrogen-bond acceptors (Lipinski definition) is 3. The van der Waals surface area contributed by atoms with E-state index in [0.29, 0.717) is 12.3 Å². The van der Waals surface area contributed by atoms with Crippen LogP contribution in [0.15, 0.2) is 12.3 Å². The van der Waals surface area contributed by atoms with Gasteiger partial charge in [-0.3, -0.25) is 15.0 Å². The summed E-state index contributed by atoms with van der Waals surface area (Å²) in [5.74, 6) is 0.559. The molecule has 0 unspecified atom stereocenters. The molecule has 112 valence electrons. The molecule has 6 nitrogen and oxygen atoms in total. The van der Waals surface area contributed by atoms with E-state index in [9.17, 15) is 4.79 Å². The number of H-pyrrole nitrogens is 2. The molecule has 1 aliphatic rings. The normalized spacial score (nSPS) is 19.0. The van der Waals surface area contributed by atoms with Crippen molar-refractivity contribution >= 4 is 5.91 Å². The second-order valence-electron chi connectivity index (χ2n) is 5.78. The fourth-order valence-electron chi connectivity index (χ4n) is 3.05. The van der Waals surface area contributed by atoms with Crippen LogP contribution < -0.4 is 0 Å². The maximum atomic E-state index is 12.5. The molecule has 1 fully saturated rings. The Labute approximate surface area is 123 Å². The number of nitrogens with zero attached hydrogens (tertiary/aromatic N) is 3. The van der Waals surface area contributed by atoms with Gasteiger partial charge in [0.15, 0.2) is 0 Å². The third-order valence-corrected chi connectivity index (χ3v) is 4.34. The number of carbonyl (C=O) groups is 1. The number of likely N-dealkylation sites (tertiary alicyclic amines) is 1. The number of nitrogens with one attached hydrogen (secondary N) is 2. The molecule has 0 aromatic carbocycles. The highest BCUT2D eigenvalue weighted by atomic mass is 16.2. The van der Waals surface area contributed by atoms with Crippen LogP contribution in [0.2, 0.25) is 0 Å². The van der Waals surface area contributed by atoms with Crippen molar-refractivity contribution in [1.29, 1.82) is 0 Å². The van der Waals surface area contributed by atoms with Gasteiger partial charge >= 0.3 is 0 Å². The lowest BCUT2D eigenvalue weighted by Crippen LogP contribution is -2.40. The number of carbonyl (C=O) groups excluding carboxylic acids is 1. The fraction of sp³-hybridized carbons (Fsp3) is 0.533. The van der Waals surface area contributed by atoms with Gasteiger partial charge < -0.3 is 4.90 Å². The van der Waals surface area contributed by atoms with Crippen LogP contribution in [0, 0.1) is 13.8 Å². The molecular weight excluding hydrogens is 266 g/mol. The molecule has 1 aliphatic heterocycles. The molecule has 2 N–H and O–H groups in total. The van der Waals surface area contributed by atoms with Gasteiger partial charge in [0, 0.05) is 42.2 Å². The zero-order chi connectivity index (χ0) is 14.8. The van der Waals surface area contributed by atoms with Crippen LogP contribution in [0.25, 0.3) is 0 Å². The number of hydrogen-bond donors (Lipinski definition) is 2.